The molecule has 2 rings (SSSR count). The van der Waals surface area contributed by atoms with E-state index in [1.807, 2.05) is 20.8 Å². The summed E-state index contributed by atoms with van der Waals surface area (Å²) in [6.45, 7) is 7.81. The highest BCUT2D eigenvalue weighted by Gasteiger charge is 2.36. The number of benzene rings is 1. The molecule has 0 radical (unpaired) electrons. The predicted octanol–water partition coefficient (Wildman–Crippen LogP) is 5.83. The second-order valence-corrected chi connectivity index (χ2v) is 6.83. The summed E-state index contributed by atoms with van der Waals surface area (Å²) in [7, 11) is 0. The van der Waals surface area contributed by atoms with Gasteiger partial charge < -0.3 is 4.74 Å². The molecule has 1 aliphatic heterocycles. The Balaban J connectivity index is 2.74. The number of alkyl halides is 3. The average Bonchev–Trinajstić information content (AvgIpc) is 2.61. The minimum atomic E-state index is -4.63. The molecule has 1 atom stereocenters. The molecule has 1 aromatic carbocycles. The smallest absolute Gasteiger partial charge is 0.417 e. The van der Waals surface area contributed by atoms with Crippen molar-refractivity contribution in [3.05, 3.63) is 46.0 Å². The molecule has 0 amide bonds. The van der Waals surface area contributed by atoms with Gasteiger partial charge in [0.1, 0.15) is 5.75 Å². The Labute approximate surface area is 152 Å². The number of halogens is 3. The number of carbonyl (C=O) groups excluding carboxylic acids is 1. The molecular weight excluding hydrogens is 341 g/mol. The van der Waals surface area contributed by atoms with Gasteiger partial charge in [0, 0.05) is 11.1 Å². The van der Waals surface area contributed by atoms with E-state index in [1.165, 1.54) is 0 Å². The number of aldehydes is 1. The number of rotatable bonds is 5. The second-order valence-electron chi connectivity index (χ2n) is 6.83. The second kappa shape index (κ2) is 8.11. The van der Waals surface area contributed by atoms with Gasteiger partial charge in [-0.15, -0.1) is 0 Å². The molecule has 0 N–H and O–H groups in total. The summed E-state index contributed by atoms with van der Waals surface area (Å²) >= 11 is 0. The largest absolute Gasteiger partial charge is 0.493 e. The van der Waals surface area contributed by atoms with Crippen molar-refractivity contribution in [3.63, 3.8) is 0 Å². The number of aryl methyl sites for hydroxylation is 1. The first-order valence-electron chi connectivity index (χ1n) is 8.91. The maximum atomic E-state index is 13.8. The Kier molecular flexibility index (Phi) is 6.32. The topological polar surface area (TPSA) is 26.3 Å². The lowest BCUT2D eigenvalue weighted by molar-refractivity contribution is -0.104. The SMILES string of the molecule is CCC(C)/C(C)=C\C(=C(/C=O)c1ccc(C)c2c1OCCC2)C(F)(F)F. The minimum absolute atomic E-state index is 0.00318. The lowest BCUT2D eigenvalue weighted by Crippen LogP contribution is -2.16. The molecule has 142 valence electrons. The van der Waals surface area contributed by atoms with Gasteiger partial charge in [-0.1, -0.05) is 37.6 Å². The molecule has 0 saturated carbocycles. The third kappa shape index (κ3) is 4.19. The van der Waals surface area contributed by atoms with Crippen LogP contribution in [0.1, 0.15) is 50.3 Å². The zero-order valence-corrected chi connectivity index (χ0v) is 15.7. The van der Waals surface area contributed by atoms with E-state index in [1.54, 1.807) is 19.1 Å². The molecule has 0 aromatic heterocycles. The van der Waals surface area contributed by atoms with Crippen molar-refractivity contribution in [2.75, 3.05) is 6.61 Å². The summed E-state index contributed by atoms with van der Waals surface area (Å²) in [6, 6.07) is 3.31. The fourth-order valence-corrected chi connectivity index (χ4v) is 3.11. The van der Waals surface area contributed by atoms with Gasteiger partial charge in [-0.05, 0) is 50.2 Å². The van der Waals surface area contributed by atoms with Crippen LogP contribution >= 0.6 is 0 Å². The summed E-state index contributed by atoms with van der Waals surface area (Å²) in [5, 5.41) is 0. The van der Waals surface area contributed by atoms with Crippen molar-refractivity contribution in [2.24, 2.45) is 5.92 Å². The average molecular weight is 366 g/mol. The molecule has 2 nitrogen and oxygen atoms in total. The van der Waals surface area contributed by atoms with Crippen molar-refractivity contribution in [3.8, 4) is 5.75 Å². The monoisotopic (exact) mass is 366 g/mol. The van der Waals surface area contributed by atoms with Gasteiger partial charge in [-0.2, -0.15) is 13.2 Å². The van der Waals surface area contributed by atoms with Gasteiger partial charge in [0.25, 0.3) is 0 Å². The number of hydrogen-bond acceptors (Lipinski definition) is 2. The molecule has 0 bridgehead atoms. The van der Waals surface area contributed by atoms with Crippen molar-refractivity contribution >= 4 is 11.9 Å². The molecule has 5 heteroatoms. The van der Waals surface area contributed by atoms with Crippen LogP contribution in [0.2, 0.25) is 0 Å². The third-order valence-electron chi connectivity index (χ3n) is 5.08. The Morgan fingerprint density at radius 1 is 1.35 bits per heavy atom. The number of allylic oxidation sites excluding steroid dienone is 4. The molecule has 0 spiro atoms. The minimum Gasteiger partial charge on any atom is -0.493 e. The van der Waals surface area contributed by atoms with E-state index < -0.39 is 11.7 Å². The van der Waals surface area contributed by atoms with Crippen LogP contribution in [0.4, 0.5) is 13.2 Å². The highest BCUT2D eigenvalue weighted by Crippen LogP contribution is 2.40. The molecule has 1 aliphatic rings. The Morgan fingerprint density at radius 3 is 2.62 bits per heavy atom. The normalized spacial score (nSPS) is 17.1. The highest BCUT2D eigenvalue weighted by atomic mass is 19.4. The first-order valence-corrected chi connectivity index (χ1v) is 8.91. The zero-order chi connectivity index (χ0) is 19.5. The van der Waals surface area contributed by atoms with Crippen LogP contribution in [0.3, 0.4) is 0 Å². The van der Waals surface area contributed by atoms with Gasteiger partial charge in [0.15, 0.2) is 6.29 Å². The summed E-state index contributed by atoms with van der Waals surface area (Å²) in [5.41, 5.74) is 1.40. The molecule has 26 heavy (non-hydrogen) atoms. The van der Waals surface area contributed by atoms with Gasteiger partial charge in [0.05, 0.1) is 12.2 Å². The lowest BCUT2D eigenvalue weighted by Gasteiger charge is -2.23. The Bertz CT molecular complexity index is 742. The maximum Gasteiger partial charge on any atom is 0.417 e. The first-order chi connectivity index (χ1) is 12.2. The zero-order valence-electron chi connectivity index (χ0n) is 15.7. The van der Waals surface area contributed by atoms with E-state index in [-0.39, 0.29) is 17.1 Å². The van der Waals surface area contributed by atoms with E-state index in [9.17, 15) is 18.0 Å². The summed E-state index contributed by atoms with van der Waals surface area (Å²) in [4.78, 5) is 11.7. The fraction of sp³-hybridized carbons (Fsp3) is 0.476. The van der Waals surface area contributed by atoms with Crippen molar-refractivity contribution in [2.45, 2.75) is 53.1 Å². The number of hydrogen-bond donors (Lipinski definition) is 0. The van der Waals surface area contributed by atoms with E-state index in [2.05, 4.69) is 0 Å². The van der Waals surface area contributed by atoms with E-state index in [0.29, 0.717) is 24.2 Å². The van der Waals surface area contributed by atoms with Crippen LogP contribution in [-0.4, -0.2) is 19.1 Å². The predicted molar refractivity (Wildman–Crippen MR) is 97.2 cm³/mol. The van der Waals surface area contributed by atoms with Crippen molar-refractivity contribution in [1.29, 1.82) is 0 Å². The summed E-state index contributed by atoms with van der Waals surface area (Å²) < 4.78 is 47.0. The molecule has 0 aliphatic carbocycles. The van der Waals surface area contributed by atoms with E-state index >= 15 is 0 Å². The van der Waals surface area contributed by atoms with Gasteiger partial charge in [-0.3, -0.25) is 4.79 Å². The Hall–Kier alpha value is -2.04. The van der Waals surface area contributed by atoms with Crippen molar-refractivity contribution in [1.82, 2.24) is 0 Å². The molecule has 1 unspecified atom stereocenters. The van der Waals surface area contributed by atoms with Crippen LogP contribution in [-0.2, 0) is 11.2 Å². The van der Waals surface area contributed by atoms with Crippen LogP contribution in [0.15, 0.2) is 29.4 Å². The third-order valence-corrected chi connectivity index (χ3v) is 5.08. The van der Waals surface area contributed by atoms with Crippen LogP contribution in [0.5, 0.6) is 5.75 Å². The summed E-state index contributed by atoms with van der Waals surface area (Å²) in [6.07, 6.45) is -0.940. The van der Waals surface area contributed by atoms with Crippen molar-refractivity contribution < 1.29 is 22.7 Å². The maximum absolute atomic E-state index is 13.8. The number of carbonyl (C=O) groups is 1. The summed E-state index contributed by atoms with van der Waals surface area (Å²) in [5.74, 6) is 0.415. The number of ether oxygens (including phenoxy) is 1. The molecular formula is C21H25F3O2. The van der Waals surface area contributed by atoms with Crippen LogP contribution in [0.25, 0.3) is 5.57 Å². The van der Waals surface area contributed by atoms with E-state index in [0.717, 1.165) is 36.5 Å². The van der Waals surface area contributed by atoms with Crippen LogP contribution < -0.4 is 4.74 Å². The standard InChI is InChI=1S/C21H25F3O2/c1-5-13(2)15(4)11-19(21(22,23)24)18(12-25)17-9-8-14(3)16-7-6-10-26-20(16)17/h8-9,11-13H,5-7,10H2,1-4H3/b15-11-,19-18-. The molecule has 0 saturated heterocycles. The Morgan fingerprint density at radius 2 is 2.04 bits per heavy atom. The molecule has 1 aromatic rings. The molecule has 0 fully saturated rings. The van der Waals surface area contributed by atoms with Gasteiger partial charge in [-0.25, -0.2) is 0 Å². The molecule has 1 heterocycles. The quantitative estimate of drug-likeness (QED) is 0.372. The fourth-order valence-electron chi connectivity index (χ4n) is 3.11. The van der Waals surface area contributed by atoms with Crippen LogP contribution in [0, 0.1) is 12.8 Å². The number of fused-ring (bicyclic) bond motifs is 1. The van der Waals surface area contributed by atoms with E-state index in [4.69, 9.17) is 4.74 Å². The highest BCUT2D eigenvalue weighted by molar-refractivity contribution is 6.10. The first kappa shape index (κ1) is 20.3. The van der Waals surface area contributed by atoms with Gasteiger partial charge >= 0.3 is 6.18 Å². The lowest BCUT2D eigenvalue weighted by atomic mass is 9.90. The van der Waals surface area contributed by atoms with Gasteiger partial charge in [0.2, 0.25) is 0 Å².